The van der Waals surface area contributed by atoms with Crippen molar-refractivity contribution in [3.63, 3.8) is 0 Å². The van der Waals surface area contributed by atoms with Crippen LogP contribution in [0.4, 0.5) is 5.69 Å². The third kappa shape index (κ3) is 4.47. The molecule has 19 heavy (non-hydrogen) atoms. The van der Waals surface area contributed by atoms with Gasteiger partial charge >= 0.3 is 5.97 Å². The maximum atomic E-state index is 10.7. The molecule has 1 aromatic carbocycles. The van der Waals surface area contributed by atoms with E-state index in [1.807, 2.05) is 12.1 Å². The van der Waals surface area contributed by atoms with E-state index in [4.69, 9.17) is 9.84 Å². The molecule has 0 bridgehead atoms. The van der Waals surface area contributed by atoms with Crippen molar-refractivity contribution in [2.24, 2.45) is 5.92 Å². The normalized spacial score (nSPS) is 12.3. The minimum absolute atomic E-state index is 0.324. The molecule has 0 aliphatic rings. The first-order valence-corrected chi connectivity index (χ1v) is 6.60. The van der Waals surface area contributed by atoms with Crippen LogP contribution in [0.3, 0.4) is 0 Å². The van der Waals surface area contributed by atoms with Gasteiger partial charge in [0.1, 0.15) is 5.75 Å². The fourth-order valence-corrected chi connectivity index (χ4v) is 1.85. The molecule has 0 spiro atoms. The third-order valence-electron chi connectivity index (χ3n) is 3.18. The topological polar surface area (TPSA) is 58.6 Å². The van der Waals surface area contributed by atoms with Gasteiger partial charge in [-0.25, -0.2) is 0 Å². The van der Waals surface area contributed by atoms with Crippen molar-refractivity contribution in [2.45, 2.75) is 33.1 Å². The Morgan fingerprint density at radius 1 is 1.37 bits per heavy atom. The van der Waals surface area contributed by atoms with Crippen molar-refractivity contribution in [1.29, 1.82) is 0 Å². The number of hydrogen-bond donors (Lipinski definition) is 2. The van der Waals surface area contributed by atoms with E-state index in [9.17, 15) is 4.79 Å². The molecule has 2 N–H and O–H groups in total. The summed E-state index contributed by atoms with van der Waals surface area (Å²) < 4.78 is 5.33. The molecule has 0 aromatic heterocycles. The Bertz CT molecular complexity index is 429. The van der Waals surface area contributed by atoms with E-state index in [0.717, 1.165) is 17.0 Å². The maximum Gasteiger partial charge on any atom is 0.306 e. The lowest BCUT2D eigenvalue weighted by Crippen LogP contribution is -2.14. The Labute approximate surface area is 114 Å². The van der Waals surface area contributed by atoms with Gasteiger partial charge < -0.3 is 15.2 Å². The van der Waals surface area contributed by atoms with E-state index in [1.54, 1.807) is 14.0 Å². The minimum atomic E-state index is -0.751. The molecule has 1 rings (SSSR count). The number of anilines is 1. The summed E-state index contributed by atoms with van der Waals surface area (Å²) in [6, 6.07) is 5.96. The fraction of sp³-hybridized carbons (Fsp3) is 0.533. The van der Waals surface area contributed by atoms with E-state index in [2.05, 4.69) is 25.2 Å². The van der Waals surface area contributed by atoms with Gasteiger partial charge in [-0.3, -0.25) is 4.79 Å². The van der Waals surface area contributed by atoms with Crippen molar-refractivity contribution in [2.75, 3.05) is 19.0 Å². The van der Waals surface area contributed by atoms with Gasteiger partial charge in [0.15, 0.2) is 0 Å². The molecule has 0 saturated heterocycles. The van der Waals surface area contributed by atoms with Gasteiger partial charge in [-0.15, -0.1) is 0 Å². The van der Waals surface area contributed by atoms with Crippen molar-refractivity contribution >= 4 is 11.7 Å². The number of benzene rings is 1. The number of rotatable bonds is 7. The van der Waals surface area contributed by atoms with Crippen LogP contribution in [0.5, 0.6) is 5.75 Å². The molecule has 0 amide bonds. The van der Waals surface area contributed by atoms with Gasteiger partial charge in [0.2, 0.25) is 0 Å². The van der Waals surface area contributed by atoms with E-state index in [-0.39, 0.29) is 5.92 Å². The second kappa shape index (κ2) is 7.02. The molecule has 106 valence electrons. The summed E-state index contributed by atoms with van der Waals surface area (Å²) in [6.07, 6.45) is 0.609. The van der Waals surface area contributed by atoms with Gasteiger partial charge in [-0.1, -0.05) is 20.8 Å². The summed E-state index contributed by atoms with van der Waals surface area (Å²) in [5.41, 5.74) is 2.15. The highest BCUT2D eigenvalue weighted by molar-refractivity contribution is 5.69. The summed E-state index contributed by atoms with van der Waals surface area (Å²) in [5.74, 6) is 0.198. The summed E-state index contributed by atoms with van der Waals surface area (Å²) in [7, 11) is 1.67. The van der Waals surface area contributed by atoms with Crippen LogP contribution in [0, 0.1) is 5.92 Å². The van der Waals surface area contributed by atoms with Gasteiger partial charge in [0.05, 0.1) is 13.0 Å². The summed E-state index contributed by atoms with van der Waals surface area (Å²) >= 11 is 0. The van der Waals surface area contributed by atoms with Crippen LogP contribution in [0.1, 0.15) is 38.7 Å². The highest BCUT2D eigenvalue weighted by Crippen LogP contribution is 2.29. The number of ether oxygens (including phenoxy) is 1. The zero-order chi connectivity index (χ0) is 14.4. The Morgan fingerprint density at radius 3 is 2.58 bits per heavy atom. The molecule has 1 atom stereocenters. The van der Waals surface area contributed by atoms with Crippen molar-refractivity contribution in [3.05, 3.63) is 23.8 Å². The molecule has 0 fully saturated rings. The second-order valence-corrected chi connectivity index (χ2v) is 5.07. The number of carboxylic acids is 1. The van der Waals surface area contributed by atoms with Crippen molar-refractivity contribution in [3.8, 4) is 5.75 Å². The Hall–Kier alpha value is -1.71. The predicted molar refractivity (Wildman–Crippen MR) is 77.0 cm³/mol. The zero-order valence-corrected chi connectivity index (χ0v) is 12.1. The average molecular weight is 265 g/mol. The third-order valence-corrected chi connectivity index (χ3v) is 3.18. The number of hydrogen-bond acceptors (Lipinski definition) is 3. The van der Waals surface area contributed by atoms with E-state index in [1.165, 1.54) is 0 Å². The van der Waals surface area contributed by atoms with Gasteiger partial charge in [-0.2, -0.15) is 0 Å². The van der Waals surface area contributed by atoms with Crippen LogP contribution >= 0.6 is 0 Å². The molecular weight excluding hydrogens is 242 g/mol. The van der Waals surface area contributed by atoms with Crippen molar-refractivity contribution in [1.82, 2.24) is 0 Å². The molecule has 1 unspecified atom stereocenters. The molecule has 0 aliphatic carbocycles. The van der Waals surface area contributed by atoms with Gasteiger partial charge in [0, 0.05) is 12.2 Å². The first-order chi connectivity index (χ1) is 8.95. The molecule has 4 nitrogen and oxygen atoms in total. The minimum Gasteiger partial charge on any atom is -0.496 e. The molecule has 4 heteroatoms. The molecule has 0 saturated carbocycles. The number of carboxylic acid groups (broad SMARTS) is 1. The average Bonchev–Trinajstić information content (AvgIpc) is 2.38. The Balaban J connectivity index is 2.64. The summed E-state index contributed by atoms with van der Waals surface area (Å²) in [4.78, 5) is 10.7. The monoisotopic (exact) mass is 265 g/mol. The Morgan fingerprint density at radius 2 is 2.05 bits per heavy atom. The SMILES string of the molecule is COc1ccc(NCCC(C)C(=O)O)cc1C(C)C. The lowest BCUT2D eigenvalue weighted by molar-refractivity contribution is -0.141. The van der Waals surface area contributed by atoms with Gasteiger partial charge in [-0.05, 0) is 36.1 Å². The highest BCUT2D eigenvalue weighted by atomic mass is 16.5. The van der Waals surface area contributed by atoms with E-state index in [0.29, 0.717) is 18.9 Å². The van der Waals surface area contributed by atoms with Crippen LogP contribution < -0.4 is 10.1 Å². The van der Waals surface area contributed by atoms with Crippen LogP contribution in [-0.4, -0.2) is 24.7 Å². The lowest BCUT2D eigenvalue weighted by atomic mass is 10.0. The molecule has 1 aromatic rings. The number of nitrogens with one attached hydrogen (secondary N) is 1. The quantitative estimate of drug-likeness (QED) is 0.794. The zero-order valence-electron chi connectivity index (χ0n) is 12.1. The standard InChI is InChI=1S/C15H23NO3/c1-10(2)13-9-12(5-6-14(13)19-4)16-8-7-11(3)15(17)18/h5-6,9-11,16H,7-8H2,1-4H3,(H,17,18). The van der Waals surface area contributed by atoms with Crippen LogP contribution in [0.25, 0.3) is 0 Å². The maximum absolute atomic E-state index is 10.7. The van der Waals surface area contributed by atoms with Crippen LogP contribution in [0.2, 0.25) is 0 Å². The van der Waals surface area contributed by atoms with E-state index >= 15 is 0 Å². The van der Waals surface area contributed by atoms with Crippen LogP contribution in [0.15, 0.2) is 18.2 Å². The number of carbonyl (C=O) groups is 1. The highest BCUT2D eigenvalue weighted by Gasteiger charge is 2.11. The molecule has 0 radical (unpaired) electrons. The first kappa shape index (κ1) is 15.3. The summed E-state index contributed by atoms with van der Waals surface area (Å²) in [6.45, 7) is 6.61. The van der Waals surface area contributed by atoms with E-state index < -0.39 is 5.97 Å². The largest absolute Gasteiger partial charge is 0.496 e. The summed E-state index contributed by atoms with van der Waals surface area (Å²) in [5, 5.41) is 12.1. The smallest absolute Gasteiger partial charge is 0.306 e. The Kier molecular flexibility index (Phi) is 5.67. The first-order valence-electron chi connectivity index (χ1n) is 6.60. The molecule has 0 aliphatic heterocycles. The second-order valence-electron chi connectivity index (χ2n) is 5.07. The predicted octanol–water partition coefficient (Wildman–Crippen LogP) is 3.34. The lowest BCUT2D eigenvalue weighted by Gasteiger charge is -2.15. The number of aliphatic carboxylic acids is 1. The van der Waals surface area contributed by atoms with Crippen LogP contribution in [-0.2, 0) is 4.79 Å². The number of methoxy groups -OCH3 is 1. The van der Waals surface area contributed by atoms with Gasteiger partial charge in [0.25, 0.3) is 0 Å². The molecular formula is C15H23NO3. The molecule has 0 heterocycles. The van der Waals surface area contributed by atoms with Crippen molar-refractivity contribution < 1.29 is 14.6 Å². The fourth-order valence-electron chi connectivity index (χ4n) is 1.85.